The number of carbonyl (C=O) groups is 1. The van der Waals surface area contributed by atoms with Gasteiger partial charge < -0.3 is 10.2 Å². The molecule has 6 heteroatoms. The molecule has 0 aliphatic heterocycles. The maximum Gasteiger partial charge on any atom is 0.251 e. The Labute approximate surface area is 182 Å². The Kier molecular flexibility index (Phi) is 6.75. The number of amides is 1. The molecule has 30 heavy (non-hydrogen) atoms. The molecule has 5 nitrogen and oxygen atoms in total. The predicted molar refractivity (Wildman–Crippen MR) is 123 cm³/mol. The van der Waals surface area contributed by atoms with Gasteiger partial charge in [0.2, 0.25) is 0 Å². The summed E-state index contributed by atoms with van der Waals surface area (Å²) in [5.74, 6) is 1.38. The van der Waals surface area contributed by atoms with Crippen molar-refractivity contribution in [2.24, 2.45) is 11.8 Å². The van der Waals surface area contributed by atoms with E-state index in [1.807, 2.05) is 18.2 Å². The molecule has 1 saturated carbocycles. The fraction of sp³-hybridized carbons (Fsp3) is 0.458. The summed E-state index contributed by atoms with van der Waals surface area (Å²) in [6.07, 6.45) is 6.05. The average molecular weight is 423 g/mol. The van der Waals surface area contributed by atoms with E-state index in [-0.39, 0.29) is 5.91 Å². The first-order valence-corrected chi connectivity index (χ1v) is 11.6. The van der Waals surface area contributed by atoms with E-state index in [1.165, 1.54) is 42.8 Å². The molecule has 1 N–H and O–H groups in total. The van der Waals surface area contributed by atoms with Crippen LogP contribution in [-0.2, 0) is 0 Å². The van der Waals surface area contributed by atoms with Gasteiger partial charge in [0, 0.05) is 18.2 Å². The molecule has 0 bridgehead atoms. The number of nitrogens with zero attached hydrogens (tertiary/aromatic N) is 3. The minimum atomic E-state index is -0.0182. The van der Waals surface area contributed by atoms with E-state index in [0.29, 0.717) is 23.4 Å². The Morgan fingerprint density at radius 2 is 1.90 bits per heavy atom. The second-order valence-corrected chi connectivity index (χ2v) is 9.39. The summed E-state index contributed by atoms with van der Waals surface area (Å²) in [7, 11) is 4.39. The van der Waals surface area contributed by atoms with Gasteiger partial charge >= 0.3 is 0 Å². The second kappa shape index (κ2) is 9.67. The van der Waals surface area contributed by atoms with Gasteiger partial charge in [-0.25, -0.2) is 0 Å². The van der Waals surface area contributed by atoms with E-state index in [0.717, 1.165) is 23.2 Å². The van der Waals surface area contributed by atoms with E-state index in [4.69, 9.17) is 0 Å². The number of nitrogens with one attached hydrogen (secondary N) is 1. The van der Waals surface area contributed by atoms with Gasteiger partial charge in [0.05, 0.1) is 4.70 Å². The van der Waals surface area contributed by atoms with Crippen LogP contribution in [0.5, 0.6) is 0 Å². The fourth-order valence-electron chi connectivity index (χ4n) is 4.85. The van der Waals surface area contributed by atoms with Crippen molar-refractivity contribution in [3.63, 3.8) is 0 Å². The quantitative estimate of drug-likeness (QED) is 0.587. The molecule has 2 aromatic carbocycles. The Morgan fingerprint density at radius 3 is 2.63 bits per heavy atom. The van der Waals surface area contributed by atoms with Gasteiger partial charge in [-0.1, -0.05) is 47.7 Å². The van der Waals surface area contributed by atoms with Crippen molar-refractivity contribution in [3.05, 3.63) is 59.7 Å². The lowest BCUT2D eigenvalue weighted by Crippen LogP contribution is -2.31. The lowest BCUT2D eigenvalue weighted by molar-refractivity contribution is 0.0947. The summed E-state index contributed by atoms with van der Waals surface area (Å²) in [5, 5.41) is 7.15. The van der Waals surface area contributed by atoms with Gasteiger partial charge in [0.1, 0.15) is 5.52 Å². The van der Waals surface area contributed by atoms with E-state index in [1.54, 1.807) is 0 Å². The Balaban J connectivity index is 1.25. The molecule has 3 aromatic rings. The first-order chi connectivity index (χ1) is 14.6. The highest BCUT2D eigenvalue weighted by molar-refractivity contribution is 7.12. The molecule has 1 aromatic heterocycles. The first kappa shape index (κ1) is 20.9. The number of benzene rings is 2. The lowest BCUT2D eigenvalue weighted by atomic mass is 9.75. The largest absolute Gasteiger partial charge is 0.352 e. The van der Waals surface area contributed by atoms with Crippen molar-refractivity contribution in [1.29, 1.82) is 0 Å². The van der Waals surface area contributed by atoms with E-state index in [2.05, 4.69) is 64.2 Å². The van der Waals surface area contributed by atoms with Crippen molar-refractivity contribution >= 4 is 27.7 Å². The molecule has 1 heterocycles. The zero-order valence-electron chi connectivity index (χ0n) is 17.8. The molecule has 0 radical (unpaired) electrons. The Hall–Kier alpha value is -2.31. The number of rotatable bonds is 7. The molecule has 0 spiro atoms. The van der Waals surface area contributed by atoms with Crippen LogP contribution < -0.4 is 5.32 Å². The van der Waals surface area contributed by atoms with Crippen LogP contribution in [0.1, 0.15) is 54.1 Å². The molecule has 158 valence electrons. The standard InChI is InChI=1S/C24H30N4OS/c1-28(2)23(18-6-4-3-5-7-18)19-10-8-17(9-11-19)14-15-25-24(29)20-12-13-22-21(16-20)26-27-30-22/h3-7,12-13,16-17,19,23H,8-11,14-15H2,1-2H3,(H,25,29). The van der Waals surface area contributed by atoms with Crippen LogP contribution in [0.4, 0.5) is 0 Å². The molecule has 1 atom stereocenters. The van der Waals surface area contributed by atoms with E-state index < -0.39 is 0 Å². The first-order valence-electron chi connectivity index (χ1n) is 10.8. The van der Waals surface area contributed by atoms with Crippen LogP contribution in [-0.4, -0.2) is 41.0 Å². The van der Waals surface area contributed by atoms with E-state index >= 15 is 0 Å². The predicted octanol–water partition coefficient (Wildman–Crippen LogP) is 4.92. The van der Waals surface area contributed by atoms with Crippen molar-refractivity contribution in [1.82, 2.24) is 19.8 Å². The van der Waals surface area contributed by atoms with Gasteiger partial charge in [-0.2, -0.15) is 0 Å². The second-order valence-electron chi connectivity index (χ2n) is 8.60. The highest BCUT2D eigenvalue weighted by Gasteiger charge is 2.29. The maximum atomic E-state index is 12.5. The van der Waals surface area contributed by atoms with Crippen molar-refractivity contribution < 1.29 is 4.79 Å². The third kappa shape index (κ3) is 4.87. The van der Waals surface area contributed by atoms with Crippen LogP contribution in [0, 0.1) is 11.8 Å². The van der Waals surface area contributed by atoms with Gasteiger partial charge in [-0.05, 0) is 80.5 Å². The summed E-state index contributed by atoms with van der Waals surface area (Å²) >= 11 is 1.35. The van der Waals surface area contributed by atoms with Crippen molar-refractivity contribution in [2.45, 2.75) is 38.1 Å². The average Bonchev–Trinajstić information content (AvgIpc) is 3.23. The Bertz CT molecular complexity index is 964. The number of carbonyl (C=O) groups excluding carboxylic acids is 1. The minimum Gasteiger partial charge on any atom is -0.352 e. The van der Waals surface area contributed by atoms with Crippen molar-refractivity contribution in [3.8, 4) is 0 Å². The van der Waals surface area contributed by atoms with Crippen LogP contribution >= 0.6 is 11.5 Å². The van der Waals surface area contributed by atoms with Crippen LogP contribution in [0.15, 0.2) is 48.5 Å². The molecular formula is C24H30N4OS. The molecule has 0 saturated heterocycles. The van der Waals surface area contributed by atoms with Gasteiger partial charge in [0.15, 0.2) is 0 Å². The highest BCUT2D eigenvalue weighted by atomic mass is 32.1. The van der Waals surface area contributed by atoms with Gasteiger partial charge in [0.25, 0.3) is 5.91 Å². The van der Waals surface area contributed by atoms with Crippen molar-refractivity contribution in [2.75, 3.05) is 20.6 Å². The molecule has 1 fully saturated rings. The van der Waals surface area contributed by atoms with E-state index in [9.17, 15) is 4.79 Å². The molecular weight excluding hydrogens is 392 g/mol. The molecule has 1 amide bonds. The lowest BCUT2D eigenvalue weighted by Gasteiger charge is -2.37. The summed E-state index contributed by atoms with van der Waals surface area (Å²) < 4.78 is 4.94. The number of fused-ring (bicyclic) bond motifs is 1. The van der Waals surface area contributed by atoms with Crippen LogP contribution in [0.2, 0.25) is 0 Å². The fourth-order valence-corrected chi connectivity index (χ4v) is 5.39. The summed E-state index contributed by atoms with van der Waals surface area (Å²) in [4.78, 5) is 14.8. The number of aromatic nitrogens is 2. The molecule has 1 aliphatic rings. The molecule has 4 rings (SSSR count). The van der Waals surface area contributed by atoms with Crippen LogP contribution in [0.3, 0.4) is 0 Å². The third-order valence-corrected chi connectivity index (χ3v) is 7.09. The zero-order chi connectivity index (χ0) is 20.9. The molecule has 1 unspecified atom stereocenters. The SMILES string of the molecule is CN(C)C(c1ccccc1)C1CCC(CCNC(=O)c2ccc3snnc3c2)CC1. The summed E-state index contributed by atoms with van der Waals surface area (Å²) in [6, 6.07) is 17.0. The molecule has 1 aliphatic carbocycles. The summed E-state index contributed by atoms with van der Waals surface area (Å²) in [6.45, 7) is 0.733. The minimum absolute atomic E-state index is 0.0182. The van der Waals surface area contributed by atoms with Gasteiger partial charge in [-0.15, -0.1) is 5.10 Å². The normalized spacial score (nSPS) is 20.4. The van der Waals surface area contributed by atoms with Crippen LogP contribution in [0.25, 0.3) is 10.2 Å². The number of hydrogen-bond donors (Lipinski definition) is 1. The smallest absolute Gasteiger partial charge is 0.251 e. The number of hydrogen-bond acceptors (Lipinski definition) is 5. The summed E-state index contributed by atoms with van der Waals surface area (Å²) in [5.41, 5.74) is 2.88. The monoisotopic (exact) mass is 422 g/mol. The Morgan fingerprint density at radius 1 is 1.13 bits per heavy atom. The third-order valence-electron chi connectivity index (χ3n) is 6.38. The topological polar surface area (TPSA) is 58.1 Å². The zero-order valence-corrected chi connectivity index (χ0v) is 18.6. The highest BCUT2D eigenvalue weighted by Crippen LogP contribution is 2.40. The van der Waals surface area contributed by atoms with Gasteiger partial charge in [-0.3, -0.25) is 4.79 Å². The maximum absolute atomic E-state index is 12.5.